The minimum atomic E-state index is -5.19. The summed E-state index contributed by atoms with van der Waals surface area (Å²) in [6.45, 7) is 8.31. The maximum absolute atomic E-state index is 14.6. The van der Waals surface area contributed by atoms with Crippen LogP contribution in [0.5, 0.6) is 0 Å². The van der Waals surface area contributed by atoms with Crippen molar-refractivity contribution in [1.82, 2.24) is 0 Å². The molecule has 0 radical (unpaired) electrons. The normalized spacial score (nSPS) is 19.2. The Morgan fingerprint density at radius 2 is 0.937 bits per heavy atom. The maximum Gasteiger partial charge on any atom is 0.430 e. The molecular weight excluding hydrogens is 812 g/mol. The SMILES string of the molecule is CC(C)(C)OC(=O)CCCCCCCCCCCCCCCCCCC(=O)OC(C(=O)OC1CC2CCC(C1)[N+]21CCCC1)(c1ccccc1)c1ccccc1.O=C([O-])C(F)(F)F. The Hall–Kier alpha value is -3.93. The fourth-order valence-electron chi connectivity index (χ4n) is 10.1. The zero-order chi connectivity index (χ0) is 45.8. The molecule has 2 bridgehead atoms. The number of esters is 3. The van der Waals surface area contributed by atoms with Crippen molar-refractivity contribution in [1.29, 1.82) is 0 Å². The Balaban J connectivity index is 0.00000115. The second kappa shape index (κ2) is 25.5. The lowest BCUT2D eigenvalue weighted by Gasteiger charge is -2.47. The predicted molar refractivity (Wildman–Crippen MR) is 235 cm³/mol. The summed E-state index contributed by atoms with van der Waals surface area (Å²) >= 11 is 0. The fourth-order valence-corrected chi connectivity index (χ4v) is 10.1. The average Bonchev–Trinajstić information content (AvgIpc) is 3.78. The first-order valence-corrected chi connectivity index (χ1v) is 24.0. The Bertz CT molecular complexity index is 1620. The zero-order valence-corrected chi connectivity index (χ0v) is 38.2. The van der Waals surface area contributed by atoms with Crippen molar-refractivity contribution in [2.45, 2.75) is 210 Å². The number of carboxylic acids is 1. The number of piperidine rings is 1. The van der Waals surface area contributed by atoms with Gasteiger partial charge in [0.05, 0.1) is 25.2 Å². The summed E-state index contributed by atoms with van der Waals surface area (Å²) in [6.07, 6.45) is 21.3. The van der Waals surface area contributed by atoms with Gasteiger partial charge in [0, 0.05) is 62.5 Å². The summed E-state index contributed by atoms with van der Waals surface area (Å²) in [6, 6.07) is 20.1. The lowest BCUT2D eigenvalue weighted by molar-refractivity contribution is -0.956. The highest BCUT2D eigenvalue weighted by Gasteiger charge is 2.57. The lowest BCUT2D eigenvalue weighted by atomic mass is 9.85. The van der Waals surface area contributed by atoms with Gasteiger partial charge in [0.1, 0.15) is 17.7 Å². The second-order valence-electron chi connectivity index (χ2n) is 19.1. The molecule has 0 N–H and O–H groups in total. The number of carbonyl (C=O) groups is 4. The topological polar surface area (TPSA) is 119 Å². The first kappa shape index (κ1) is 51.7. The van der Waals surface area contributed by atoms with Crippen LogP contribution in [0, 0.1) is 0 Å². The van der Waals surface area contributed by atoms with Crippen LogP contribution in [-0.2, 0) is 39.0 Å². The molecule has 2 atom stereocenters. The molecule has 9 nitrogen and oxygen atoms in total. The fraction of sp³-hybridized carbons (Fsp3) is 0.686. The van der Waals surface area contributed by atoms with E-state index in [1.54, 1.807) is 0 Å². The third-order valence-corrected chi connectivity index (χ3v) is 13.1. The van der Waals surface area contributed by atoms with E-state index in [1.165, 1.54) is 114 Å². The molecule has 0 aliphatic carbocycles. The van der Waals surface area contributed by atoms with E-state index in [2.05, 4.69) is 0 Å². The van der Waals surface area contributed by atoms with Gasteiger partial charge in [-0.1, -0.05) is 151 Å². The summed E-state index contributed by atoms with van der Waals surface area (Å²) in [5.74, 6) is -3.89. The molecule has 0 saturated carbocycles. The number of halogens is 3. The molecule has 12 heteroatoms. The third-order valence-electron chi connectivity index (χ3n) is 13.1. The summed E-state index contributed by atoms with van der Waals surface area (Å²) < 4.78 is 51.0. The van der Waals surface area contributed by atoms with Gasteiger partial charge in [-0.2, -0.15) is 13.2 Å². The lowest BCUT2D eigenvalue weighted by Crippen LogP contribution is -2.60. The highest BCUT2D eigenvalue weighted by molar-refractivity contribution is 5.89. The molecule has 3 aliphatic heterocycles. The van der Waals surface area contributed by atoms with Gasteiger partial charge >= 0.3 is 24.1 Å². The van der Waals surface area contributed by atoms with Gasteiger partial charge in [-0.3, -0.25) is 9.59 Å². The van der Waals surface area contributed by atoms with E-state index in [4.69, 9.17) is 24.1 Å². The molecule has 0 amide bonds. The summed E-state index contributed by atoms with van der Waals surface area (Å²) in [5.41, 5.74) is -0.753. The van der Waals surface area contributed by atoms with Crippen molar-refractivity contribution in [3.05, 3.63) is 71.8 Å². The van der Waals surface area contributed by atoms with Crippen LogP contribution in [0.3, 0.4) is 0 Å². The van der Waals surface area contributed by atoms with Gasteiger partial charge < -0.3 is 28.6 Å². The van der Waals surface area contributed by atoms with Gasteiger partial charge in [0.15, 0.2) is 0 Å². The second-order valence-corrected chi connectivity index (χ2v) is 19.1. The number of aliphatic carboxylic acids is 1. The van der Waals surface area contributed by atoms with E-state index in [0.717, 1.165) is 44.9 Å². The van der Waals surface area contributed by atoms with Crippen LogP contribution < -0.4 is 5.11 Å². The minimum Gasteiger partial charge on any atom is -0.542 e. The van der Waals surface area contributed by atoms with Crippen molar-refractivity contribution >= 4 is 23.9 Å². The van der Waals surface area contributed by atoms with Crippen molar-refractivity contribution in [3.63, 3.8) is 0 Å². The Morgan fingerprint density at radius 3 is 1.29 bits per heavy atom. The number of benzene rings is 2. The van der Waals surface area contributed by atoms with Gasteiger partial charge in [-0.15, -0.1) is 0 Å². The maximum atomic E-state index is 14.6. The van der Waals surface area contributed by atoms with Crippen LogP contribution in [0.25, 0.3) is 0 Å². The predicted octanol–water partition coefficient (Wildman–Crippen LogP) is 11.0. The van der Waals surface area contributed by atoms with Crippen LogP contribution >= 0.6 is 0 Å². The smallest absolute Gasteiger partial charge is 0.430 e. The van der Waals surface area contributed by atoms with Crippen LogP contribution in [0.1, 0.15) is 186 Å². The molecule has 3 saturated heterocycles. The summed E-state index contributed by atoms with van der Waals surface area (Å²) in [4.78, 5) is 48.8. The van der Waals surface area contributed by atoms with E-state index in [9.17, 15) is 27.6 Å². The van der Waals surface area contributed by atoms with E-state index in [1.807, 2.05) is 81.4 Å². The van der Waals surface area contributed by atoms with E-state index < -0.39 is 23.7 Å². The minimum absolute atomic E-state index is 0.0722. The molecule has 2 aromatic carbocycles. The van der Waals surface area contributed by atoms with Crippen LogP contribution in [0.4, 0.5) is 13.2 Å². The van der Waals surface area contributed by atoms with Gasteiger partial charge in [0.2, 0.25) is 0 Å². The average molecular weight is 886 g/mol. The monoisotopic (exact) mass is 886 g/mol. The zero-order valence-electron chi connectivity index (χ0n) is 38.2. The molecule has 63 heavy (non-hydrogen) atoms. The molecule has 3 aliphatic rings. The van der Waals surface area contributed by atoms with Gasteiger partial charge in [-0.25, -0.2) is 4.79 Å². The number of alkyl halides is 3. The van der Waals surface area contributed by atoms with Crippen molar-refractivity contribution in [2.24, 2.45) is 0 Å². The van der Waals surface area contributed by atoms with Crippen LogP contribution in [-0.4, -0.2) is 71.4 Å². The van der Waals surface area contributed by atoms with Crippen LogP contribution in [0.15, 0.2) is 60.7 Å². The van der Waals surface area contributed by atoms with Gasteiger partial charge in [-0.05, 0) is 33.6 Å². The molecule has 1 spiro atoms. The van der Waals surface area contributed by atoms with Crippen molar-refractivity contribution in [2.75, 3.05) is 13.1 Å². The molecule has 2 aromatic rings. The largest absolute Gasteiger partial charge is 0.542 e. The number of hydrogen-bond acceptors (Lipinski definition) is 8. The third kappa shape index (κ3) is 16.5. The summed E-state index contributed by atoms with van der Waals surface area (Å²) in [5, 5.41) is 8.78. The number of carboxylic acid groups (broad SMARTS) is 1. The van der Waals surface area contributed by atoms with Crippen LogP contribution in [0.2, 0.25) is 0 Å². The molecule has 5 rings (SSSR count). The molecule has 3 fully saturated rings. The first-order chi connectivity index (χ1) is 30.1. The number of carbonyl (C=O) groups excluding carboxylic acids is 4. The molecule has 3 heterocycles. The summed E-state index contributed by atoms with van der Waals surface area (Å²) in [7, 11) is 0. The molecule has 2 unspecified atom stereocenters. The standard InChI is InChI=1S/C49H74NO6.C2HF3O2/c1-48(2,3)55-45(51)32-24-16-14-12-10-8-6-4-5-7-9-11-13-15-17-25-33-46(52)56-49(40-28-20-18-21-29-40,41-30-22-19-23-31-41)47(53)54-44-38-42-34-35-43(39-44)50(42)36-26-27-37-50;3-2(4,5)1(6)7/h18-23,28-31,42-44H,4-17,24-27,32-39H2,1-3H3;(H,6,7)/q+1;/p-1. The number of hydrogen-bond donors (Lipinski definition) is 0. The van der Waals surface area contributed by atoms with Gasteiger partial charge in [0.25, 0.3) is 5.60 Å². The number of rotatable bonds is 24. The van der Waals surface area contributed by atoms with E-state index >= 15 is 0 Å². The highest BCUT2D eigenvalue weighted by Crippen LogP contribution is 2.47. The molecule has 352 valence electrons. The Morgan fingerprint density at radius 1 is 0.587 bits per heavy atom. The van der Waals surface area contributed by atoms with E-state index in [-0.39, 0.29) is 30.1 Å². The Labute approximate surface area is 374 Å². The van der Waals surface area contributed by atoms with Crippen molar-refractivity contribution in [3.8, 4) is 0 Å². The number of quaternary nitrogens is 1. The van der Waals surface area contributed by atoms with E-state index in [0.29, 0.717) is 29.6 Å². The number of ether oxygens (including phenoxy) is 3. The quantitative estimate of drug-likeness (QED) is 0.0442. The number of nitrogens with zero attached hydrogens (tertiary/aromatic N) is 1. The molecule has 0 aromatic heterocycles. The number of unbranched alkanes of at least 4 members (excludes halogenated alkanes) is 15. The first-order valence-electron chi connectivity index (χ1n) is 24.0. The Kier molecular flexibility index (Phi) is 21.0. The highest BCUT2D eigenvalue weighted by atomic mass is 19.4. The van der Waals surface area contributed by atoms with Crippen molar-refractivity contribution < 1.29 is 56.1 Å². The molecular formula is C51H74F3NO8.